The molecular formula is C14H18N2O3. The second-order valence-electron chi connectivity index (χ2n) is 4.26. The van der Waals surface area contributed by atoms with Crippen LogP contribution in [0.3, 0.4) is 0 Å². The molecule has 2 N–H and O–H groups in total. The third-order valence-corrected chi connectivity index (χ3v) is 2.52. The van der Waals surface area contributed by atoms with Crippen LogP contribution < -0.4 is 0 Å². The number of rotatable bonds is 4. The molecule has 0 aromatic carbocycles. The summed E-state index contributed by atoms with van der Waals surface area (Å²) < 4.78 is 0. The molecule has 1 aromatic heterocycles. The van der Waals surface area contributed by atoms with Crippen molar-refractivity contribution in [3.8, 4) is 11.8 Å². The van der Waals surface area contributed by atoms with E-state index in [9.17, 15) is 9.90 Å². The summed E-state index contributed by atoms with van der Waals surface area (Å²) in [6.07, 6.45) is 1.60. The van der Waals surface area contributed by atoms with E-state index < -0.39 is 6.10 Å². The largest absolute Gasteiger partial charge is 0.393 e. The van der Waals surface area contributed by atoms with Gasteiger partial charge in [0, 0.05) is 25.4 Å². The van der Waals surface area contributed by atoms with Crippen LogP contribution >= 0.6 is 0 Å². The standard InChI is InChI=1S/C14H18N2O3/c1-11(18)7-8-16(2)14(19)13-6-5-12(10-15-13)4-3-9-17/h5-6,10-11,17-18H,7-9H2,1-2H3. The first-order valence-electron chi connectivity index (χ1n) is 6.04. The third-order valence-electron chi connectivity index (χ3n) is 2.52. The molecule has 1 amide bonds. The topological polar surface area (TPSA) is 73.7 Å². The smallest absolute Gasteiger partial charge is 0.272 e. The second-order valence-corrected chi connectivity index (χ2v) is 4.26. The maximum Gasteiger partial charge on any atom is 0.272 e. The minimum Gasteiger partial charge on any atom is -0.393 e. The first-order chi connectivity index (χ1) is 9.04. The average Bonchev–Trinajstić information content (AvgIpc) is 2.42. The molecule has 0 fully saturated rings. The van der Waals surface area contributed by atoms with E-state index in [0.717, 1.165) is 0 Å². The van der Waals surface area contributed by atoms with Gasteiger partial charge in [0.1, 0.15) is 12.3 Å². The van der Waals surface area contributed by atoms with Crippen molar-refractivity contribution in [1.82, 2.24) is 9.88 Å². The monoisotopic (exact) mass is 262 g/mol. The van der Waals surface area contributed by atoms with E-state index in [-0.39, 0.29) is 12.5 Å². The van der Waals surface area contributed by atoms with Gasteiger partial charge in [-0.1, -0.05) is 11.8 Å². The predicted octanol–water partition coefficient (Wildman–Crippen LogP) is 0.268. The van der Waals surface area contributed by atoms with E-state index in [1.807, 2.05) is 0 Å². The molecule has 0 bridgehead atoms. The van der Waals surface area contributed by atoms with E-state index in [4.69, 9.17) is 5.11 Å². The van der Waals surface area contributed by atoms with Crippen molar-refractivity contribution >= 4 is 5.91 Å². The maximum absolute atomic E-state index is 12.0. The Morgan fingerprint density at radius 3 is 2.79 bits per heavy atom. The zero-order chi connectivity index (χ0) is 14.3. The summed E-state index contributed by atoms with van der Waals surface area (Å²) in [7, 11) is 1.67. The van der Waals surface area contributed by atoms with Crippen molar-refractivity contribution in [1.29, 1.82) is 0 Å². The Labute approximate surface area is 112 Å². The van der Waals surface area contributed by atoms with Gasteiger partial charge in [0.25, 0.3) is 5.91 Å². The highest BCUT2D eigenvalue weighted by molar-refractivity contribution is 5.92. The van der Waals surface area contributed by atoms with Gasteiger partial charge in [-0.15, -0.1) is 0 Å². The summed E-state index contributed by atoms with van der Waals surface area (Å²) >= 11 is 0. The Hall–Kier alpha value is -1.90. The molecule has 0 spiro atoms. The van der Waals surface area contributed by atoms with E-state index >= 15 is 0 Å². The molecule has 19 heavy (non-hydrogen) atoms. The van der Waals surface area contributed by atoms with E-state index in [0.29, 0.717) is 24.2 Å². The number of aromatic nitrogens is 1. The summed E-state index contributed by atoms with van der Waals surface area (Å²) in [6, 6.07) is 3.29. The molecule has 0 radical (unpaired) electrons. The molecule has 0 aliphatic rings. The van der Waals surface area contributed by atoms with Gasteiger partial charge in [0.2, 0.25) is 0 Å². The van der Waals surface area contributed by atoms with Crippen molar-refractivity contribution in [3.05, 3.63) is 29.6 Å². The summed E-state index contributed by atoms with van der Waals surface area (Å²) in [5.41, 5.74) is 0.986. The number of hydrogen-bond donors (Lipinski definition) is 2. The van der Waals surface area contributed by atoms with Crippen molar-refractivity contribution in [2.24, 2.45) is 0 Å². The highest BCUT2D eigenvalue weighted by Gasteiger charge is 2.13. The molecule has 5 nitrogen and oxygen atoms in total. The molecule has 0 saturated heterocycles. The molecule has 1 unspecified atom stereocenters. The van der Waals surface area contributed by atoms with Gasteiger partial charge in [0.05, 0.1) is 6.10 Å². The summed E-state index contributed by atoms with van der Waals surface area (Å²) in [5.74, 6) is 5.03. The Kier molecular flexibility index (Phi) is 6.00. The third kappa shape index (κ3) is 5.08. The van der Waals surface area contributed by atoms with Gasteiger partial charge in [-0.3, -0.25) is 4.79 Å². The summed E-state index contributed by atoms with van der Waals surface area (Å²) in [4.78, 5) is 17.6. The van der Waals surface area contributed by atoms with Crippen molar-refractivity contribution in [3.63, 3.8) is 0 Å². The van der Waals surface area contributed by atoms with Crippen LogP contribution in [0.15, 0.2) is 18.3 Å². The minimum atomic E-state index is -0.431. The van der Waals surface area contributed by atoms with Gasteiger partial charge >= 0.3 is 0 Å². The van der Waals surface area contributed by atoms with Crippen molar-refractivity contribution in [2.45, 2.75) is 19.4 Å². The van der Waals surface area contributed by atoms with E-state index in [1.165, 1.54) is 11.1 Å². The van der Waals surface area contributed by atoms with Crippen LogP contribution in [0, 0.1) is 11.8 Å². The van der Waals surface area contributed by atoms with Crippen LogP contribution in [0.1, 0.15) is 29.4 Å². The Morgan fingerprint density at radius 2 is 2.26 bits per heavy atom. The first kappa shape index (κ1) is 15.2. The van der Waals surface area contributed by atoms with Gasteiger partial charge in [-0.25, -0.2) is 4.98 Å². The van der Waals surface area contributed by atoms with Crippen LogP contribution in [0.4, 0.5) is 0 Å². The number of pyridine rings is 1. The van der Waals surface area contributed by atoms with Gasteiger partial charge in [0.15, 0.2) is 0 Å². The zero-order valence-corrected chi connectivity index (χ0v) is 11.1. The number of aliphatic hydroxyl groups excluding tert-OH is 2. The first-order valence-corrected chi connectivity index (χ1v) is 6.04. The van der Waals surface area contributed by atoms with Gasteiger partial charge in [-0.2, -0.15) is 0 Å². The summed E-state index contributed by atoms with van der Waals surface area (Å²) in [6.45, 7) is 1.96. The Bertz CT molecular complexity index is 472. The minimum absolute atomic E-state index is 0.192. The fraction of sp³-hybridized carbons (Fsp3) is 0.429. The molecule has 0 saturated carbocycles. The van der Waals surface area contributed by atoms with Crippen LogP contribution in [0.5, 0.6) is 0 Å². The van der Waals surface area contributed by atoms with Crippen molar-refractivity contribution < 1.29 is 15.0 Å². The molecule has 1 heterocycles. The highest BCUT2D eigenvalue weighted by atomic mass is 16.3. The zero-order valence-electron chi connectivity index (χ0n) is 11.1. The van der Waals surface area contributed by atoms with Gasteiger partial charge in [-0.05, 0) is 25.5 Å². The summed E-state index contributed by atoms with van der Waals surface area (Å²) in [5, 5.41) is 17.8. The highest BCUT2D eigenvalue weighted by Crippen LogP contribution is 2.04. The van der Waals surface area contributed by atoms with Crippen molar-refractivity contribution in [2.75, 3.05) is 20.2 Å². The SMILES string of the molecule is CC(O)CCN(C)C(=O)c1ccc(C#CCO)cn1. The number of aliphatic hydroxyl groups is 2. The predicted molar refractivity (Wildman–Crippen MR) is 71.5 cm³/mol. The lowest BCUT2D eigenvalue weighted by molar-refractivity contribution is 0.0763. The van der Waals surface area contributed by atoms with Crippen LogP contribution in [-0.4, -0.2) is 52.3 Å². The average molecular weight is 262 g/mol. The molecule has 5 heteroatoms. The second kappa shape index (κ2) is 7.52. The lowest BCUT2D eigenvalue weighted by Crippen LogP contribution is -2.30. The maximum atomic E-state index is 12.0. The molecule has 1 aromatic rings. The molecule has 1 rings (SSSR count). The lowest BCUT2D eigenvalue weighted by Gasteiger charge is -2.17. The number of amides is 1. The lowest BCUT2D eigenvalue weighted by atomic mass is 10.2. The fourth-order valence-electron chi connectivity index (χ4n) is 1.41. The number of carbonyl (C=O) groups is 1. The van der Waals surface area contributed by atoms with Crippen LogP contribution in [-0.2, 0) is 0 Å². The quantitative estimate of drug-likeness (QED) is 0.764. The normalized spacial score (nSPS) is 11.4. The van der Waals surface area contributed by atoms with Crippen LogP contribution in [0.25, 0.3) is 0 Å². The van der Waals surface area contributed by atoms with E-state index in [2.05, 4.69) is 16.8 Å². The van der Waals surface area contributed by atoms with Gasteiger partial charge < -0.3 is 15.1 Å². The number of nitrogens with zero attached hydrogens (tertiary/aromatic N) is 2. The molecule has 102 valence electrons. The number of carbonyl (C=O) groups excluding carboxylic acids is 1. The Morgan fingerprint density at radius 1 is 1.53 bits per heavy atom. The molecule has 0 aliphatic heterocycles. The molecule has 0 aliphatic carbocycles. The fourth-order valence-corrected chi connectivity index (χ4v) is 1.41. The van der Waals surface area contributed by atoms with Crippen LogP contribution in [0.2, 0.25) is 0 Å². The molecule has 1 atom stereocenters. The molecular weight excluding hydrogens is 244 g/mol. The van der Waals surface area contributed by atoms with E-state index in [1.54, 1.807) is 26.1 Å². The number of hydrogen-bond acceptors (Lipinski definition) is 4. The Balaban J connectivity index is 2.67.